The molecule has 61 heavy (non-hydrogen) atoms. The Morgan fingerprint density at radius 2 is 1.16 bits per heavy atom. The lowest BCUT2D eigenvalue weighted by Gasteiger charge is -2.61. The van der Waals surface area contributed by atoms with Crippen molar-refractivity contribution in [3.8, 4) is 0 Å². The lowest BCUT2D eigenvalue weighted by atomic mass is 9.44. The number of fused-ring (bicyclic) bond motifs is 5. The highest BCUT2D eigenvalue weighted by Gasteiger charge is 2.61. The van der Waals surface area contributed by atoms with Crippen molar-refractivity contribution in [3.05, 3.63) is 0 Å². The fourth-order valence-electron chi connectivity index (χ4n) is 11.8. The minimum Gasteiger partial charge on any atom is -0.462 e. The zero-order valence-electron chi connectivity index (χ0n) is 38.8. The van der Waals surface area contributed by atoms with Gasteiger partial charge in [0.05, 0.1) is 0 Å². The van der Waals surface area contributed by atoms with Crippen LogP contribution in [0.2, 0.25) is 0 Å². The van der Waals surface area contributed by atoms with Gasteiger partial charge in [0, 0.05) is 38.5 Å². The fraction of sp³-hybridized carbons (Fsp3) is 0.878. The number of ether oxygens (including phenoxy) is 6. The van der Waals surface area contributed by atoms with Crippen molar-refractivity contribution in [1.82, 2.24) is 0 Å². The van der Waals surface area contributed by atoms with Crippen molar-refractivity contribution in [1.29, 1.82) is 0 Å². The van der Waals surface area contributed by atoms with E-state index in [-0.39, 0.29) is 61.7 Å². The molecule has 12 heteroatoms. The molecule has 12 nitrogen and oxygen atoms in total. The van der Waals surface area contributed by atoms with Crippen molar-refractivity contribution in [2.24, 2.45) is 46.3 Å². The fourth-order valence-corrected chi connectivity index (χ4v) is 11.8. The van der Waals surface area contributed by atoms with Crippen LogP contribution in [0.25, 0.3) is 0 Å². The zero-order chi connectivity index (χ0) is 44.6. The molecular weight excluding hydrogens is 781 g/mol. The first-order chi connectivity index (χ1) is 29.1. The molecule has 4 fully saturated rings. The molecule has 0 N–H and O–H groups in total. The first-order valence-corrected chi connectivity index (χ1v) is 24.2. The predicted octanol–water partition coefficient (Wildman–Crippen LogP) is 10.8. The summed E-state index contributed by atoms with van der Waals surface area (Å²) in [6.07, 6.45) is 16.0. The molecular formula is C49H80O12. The van der Waals surface area contributed by atoms with Crippen LogP contribution in [0.5, 0.6) is 0 Å². The van der Waals surface area contributed by atoms with Gasteiger partial charge >= 0.3 is 30.0 Å². The molecule has 0 amide bonds. The van der Waals surface area contributed by atoms with Crippen LogP contribution in [0.4, 0.5) is 4.79 Å². The van der Waals surface area contributed by atoms with Crippen molar-refractivity contribution in [3.63, 3.8) is 0 Å². The van der Waals surface area contributed by atoms with E-state index >= 15 is 0 Å². The van der Waals surface area contributed by atoms with Crippen molar-refractivity contribution in [2.75, 3.05) is 13.2 Å². The standard InChI is InChI=1S/C49H80O12/c1-8-10-12-14-16-18-43(51)56-31-38(32-57-44(52)19-17-15-13-11-9-2)60-46(54)29-33(3)28-45(53)58-35(5)59-47(55)61-37-24-26-48(6)36(30-37)20-21-39-41-23-22-40(34(4)50)49(41,7)27-25-42(39)48/h33,35-42H,8-32H2,1-7H3/t33?,35?,36-,37+,39?,40?,41-,42-,48?,49?/m0/s1. The molecule has 348 valence electrons. The van der Waals surface area contributed by atoms with Gasteiger partial charge in [-0.05, 0) is 118 Å². The number of unbranched alkanes of at least 4 members (excludes halogenated alkanes) is 8. The van der Waals surface area contributed by atoms with Gasteiger partial charge in [0.1, 0.15) is 25.1 Å². The van der Waals surface area contributed by atoms with Gasteiger partial charge in [0.15, 0.2) is 6.10 Å². The Bertz CT molecular complexity index is 1420. The highest BCUT2D eigenvalue weighted by Crippen LogP contribution is 2.67. The maximum Gasteiger partial charge on any atom is 0.511 e. The van der Waals surface area contributed by atoms with E-state index in [2.05, 4.69) is 27.7 Å². The average molecular weight is 861 g/mol. The van der Waals surface area contributed by atoms with E-state index in [1.807, 2.05) is 0 Å². The minimum atomic E-state index is -1.18. The molecule has 4 aliphatic carbocycles. The summed E-state index contributed by atoms with van der Waals surface area (Å²) < 4.78 is 32.9. The molecule has 0 spiro atoms. The third-order valence-electron chi connectivity index (χ3n) is 15.1. The van der Waals surface area contributed by atoms with Crippen molar-refractivity contribution < 1.29 is 57.2 Å². The Balaban J connectivity index is 1.17. The second-order valence-electron chi connectivity index (χ2n) is 19.7. The Morgan fingerprint density at radius 1 is 0.607 bits per heavy atom. The number of Topliss-reactive ketones (excluding diaryl/α,β-unsaturated/α-hetero) is 1. The molecule has 0 aromatic heterocycles. The van der Waals surface area contributed by atoms with E-state index in [9.17, 15) is 28.8 Å². The largest absolute Gasteiger partial charge is 0.511 e. The second kappa shape index (κ2) is 24.6. The summed E-state index contributed by atoms with van der Waals surface area (Å²) in [5.41, 5.74) is 0.320. The Morgan fingerprint density at radius 3 is 1.75 bits per heavy atom. The second-order valence-corrected chi connectivity index (χ2v) is 19.7. The summed E-state index contributed by atoms with van der Waals surface area (Å²) in [5.74, 6) is 0.345. The molecule has 10 atom stereocenters. The lowest BCUT2D eigenvalue weighted by molar-refractivity contribution is -0.173. The molecule has 0 saturated heterocycles. The van der Waals surface area contributed by atoms with E-state index in [0.29, 0.717) is 42.3 Å². The third-order valence-corrected chi connectivity index (χ3v) is 15.1. The molecule has 4 aliphatic rings. The normalized spacial score (nSPS) is 28.9. The summed E-state index contributed by atoms with van der Waals surface area (Å²) in [7, 11) is 0. The molecule has 0 aromatic carbocycles. The van der Waals surface area contributed by atoms with Crippen LogP contribution < -0.4 is 0 Å². The Labute approximate surface area is 366 Å². The zero-order valence-corrected chi connectivity index (χ0v) is 38.8. The number of carbonyl (C=O) groups is 6. The Hall–Kier alpha value is -3.18. The number of ketones is 1. The van der Waals surface area contributed by atoms with Crippen LogP contribution in [0.3, 0.4) is 0 Å². The van der Waals surface area contributed by atoms with Crippen LogP contribution in [0.1, 0.15) is 196 Å². The van der Waals surface area contributed by atoms with E-state index in [0.717, 1.165) is 103 Å². The van der Waals surface area contributed by atoms with Gasteiger partial charge in [0.2, 0.25) is 6.29 Å². The molecule has 0 radical (unpaired) electrons. The van der Waals surface area contributed by atoms with Crippen molar-refractivity contribution >= 4 is 35.8 Å². The molecule has 0 aliphatic heterocycles. The molecule has 0 heterocycles. The molecule has 0 bridgehead atoms. The number of hydrogen-bond donors (Lipinski definition) is 0. The summed E-state index contributed by atoms with van der Waals surface area (Å²) in [6, 6.07) is 0. The van der Waals surface area contributed by atoms with Gasteiger partial charge in [0.25, 0.3) is 0 Å². The minimum absolute atomic E-state index is 0.130. The predicted molar refractivity (Wildman–Crippen MR) is 230 cm³/mol. The Kier molecular flexibility index (Phi) is 20.4. The number of rotatable bonds is 25. The van der Waals surface area contributed by atoms with Gasteiger partial charge in [-0.3, -0.25) is 24.0 Å². The van der Waals surface area contributed by atoms with Crippen LogP contribution in [-0.2, 0) is 52.4 Å². The molecule has 6 unspecified atom stereocenters. The number of esters is 4. The maximum atomic E-state index is 13.0. The van der Waals surface area contributed by atoms with Crippen LogP contribution in [0, 0.1) is 46.3 Å². The number of hydrogen-bond acceptors (Lipinski definition) is 12. The van der Waals surface area contributed by atoms with Gasteiger partial charge in [-0.25, -0.2) is 4.79 Å². The van der Waals surface area contributed by atoms with E-state index in [1.165, 1.54) is 13.3 Å². The van der Waals surface area contributed by atoms with Crippen LogP contribution >= 0.6 is 0 Å². The van der Waals surface area contributed by atoms with Crippen molar-refractivity contribution in [2.45, 2.75) is 215 Å². The third kappa shape index (κ3) is 15.0. The summed E-state index contributed by atoms with van der Waals surface area (Å²) in [4.78, 5) is 75.9. The van der Waals surface area contributed by atoms with Gasteiger partial charge in [-0.1, -0.05) is 86.0 Å². The van der Waals surface area contributed by atoms with Gasteiger partial charge in [-0.15, -0.1) is 0 Å². The first kappa shape index (κ1) is 50.5. The smallest absolute Gasteiger partial charge is 0.462 e. The van der Waals surface area contributed by atoms with E-state index in [4.69, 9.17) is 28.4 Å². The summed E-state index contributed by atoms with van der Waals surface area (Å²) in [6.45, 7) is 13.5. The summed E-state index contributed by atoms with van der Waals surface area (Å²) >= 11 is 0. The molecule has 4 saturated carbocycles. The quantitative estimate of drug-likeness (QED) is 0.0371. The van der Waals surface area contributed by atoms with Crippen LogP contribution in [-0.4, -0.2) is 67.5 Å². The maximum absolute atomic E-state index is 13.0. The monoisotopic (exact) mass is 861 g/mol. The first-order valence-electron chi connectivity index (χ1n) is 24.2. The van der Waals surface area contributed by atoms with Gasteiger partial charge in [-0.2, -0.15) is 0 Å². The van der Waals surface area contributed by atoms with Crippen LogP contribution in [0.15, 0.2) is 0 Å². The highest BCUT2D eigenvalue weighted by atomic mass is 16.8. The van der Waals surface area contributed by atoms with E-state index in [1.54, 1.807) is 13.8 Å². The topological polar surface area (TPSA) is 158 Å². The lowest BCUT2D eigenvalue weighted by Crippen LogP contribution is -2.54. The van der Waals surface area contributed by atoms with Gasteiger partial charge < -0.3 is 28.4 Å². The van der Waals surface area contributed by atoms with E-state index < -0.39 is 48.3 Å². The highest BCUT2D eigenvalue weighted by molar-refractivity contribution is 5.79. The average Bonchev–Trinajstić information content (AvgIpc) is 3.56. The SMILES string of the molecule is CCCCCCCC(=O)OCC(COC(=O)CCCCCCC)OC(=O)CC(C)CC(=O)OC(C)OC(=O)O[C@@H]1CCC2(C)[C@@H](CCC3[C@@H]4CCC(C(C)=O)C4(C)CC[C@@H]32)C1. The number of carbonyl (C=O) groups excluding carboxylic acids is 6. The summed E-state index contributed by atoms with van der Waals surface area (Å²) in [5, 5.41) is 0. The molecule has 0 aromatic rings. The molecule has 4 rings (SSSR count).